The van der Waals surface area contributed by atoms with Crippen molar-refractivity contribution in [3.8, 4) is 0 Å². The van der Waals surface area contributed by atoms with Crippen LogP contribution in [0.5, 0.6) is 0 Å². The molecular formula is C43H68N2O3. The first-order chi connectivity index (χ1) is 22.9. The smallest absolute Gasteiger partial charge is 0.335 e. The van der Waals surface area contributed by atoms with Crippen molar-refractivity contribution < 1.29 is 14.6 Å². The van der Waals surface area contributed by atoms with E-state index in [0.717, 1.165) is 63.6 Å². The van der Waals surface area contributed by atoms with E-state index in [0.29, 0.717) is 33.1 Å². The SMILES string of the molecule is CC1(C)C(c2ccc(C(=O)O)cc2)=CC[C@@]2(C)C1CC[C@]1(C)C2CCC2C3CCCC3(CNCCN3CCOCC3)CC[C@]21C.CCC. The van der Waals surface area contributed by atoms with E-state index in [2.05, 4.69) is 64.8 Å². The van der Waals surface area contributed by atoms with Gasteiger partial charge in [-0.1, -0.05) is 79.5 Å². The molecule has 5 unspecified atom stereocenters. The van der Waals surface area contributed by atoms with Gasteiger partial charge in [-0.15, -0.1) is 0 Å². The van der Waals surface area contributed by atoms with Crippen LogP contribution in [0.15, 0.2) is 30.3 Å². The summed E-state index contributed by atoms with van der Waals surface area (Å²) in [5.74, 6) is 2.31. The normalized spacial score (nSPS) is 40.3. The Kier molecular flexibility index (Phi) is 10.4. The van der Waals surface area contributed by atoms with E-state index in [4.69, 9.17) is 4.74 Å². The summed E-state index contributed by atoms with van der Waals surface area (Å²) < 4.78 is 5.56. The number of morpholine rings is 1. The Labute approximate surface area is 293 Å². The number of nitrogens with one attached hydrogen (secondary N) is 1. The van der Waals surface area contributed by atoms with E-state index in [-0.39, 0.29) is 5.41 Å². The Hall–Kier alpha value is -1.69. The molecule has 1 aromatic carbocycles. The van der Waals surface area contributed by atoms with Crippen LogP contribution >= 0.6 is 0 Å². The number of ether oxygens (including phenoxy) is 1. The number of benzene rings is 1. The van der Waals surface area contributed by atoms with Gasteiger partial charge in [-0.2, -0.15) is 0 Å². The first-order valence-electron chi connectivity index (χ1n) is 19.9. The van der Waals surface area contributed by atoms with Gasteiger partial charge in [-0.05, 0) is 132 Å². The zero-order chi connectivity index (χ0) is 34.4. The van der Waals surface area contributed by atoms with E-state index in [1.165, 1.54) is 81.9 Å². The lowest BCUT2D eigenvalue weighted by Crippen LogP contribution is -2.65. The van der Waals surface area contributed by atoms with Gasteiger partial charge in [0.15, 0.2) is 0 Å². The molecule has 1 saturated heterocycles. The molecule has 268 valence electrons. The van der Waals surface area contributed by atoms with Crippen molar-refractivity contribution in [1.29, 1.82) is 0 Å². The van der Waals surface area contributed by atoms with E-state index in [1.807, 2.05) is 12.1 Å². The van der Waals surface area contributed by atoms with Crippen LogP contribution in [0.2, 0.25) is 0 Å². The molecule has 0 spiro atoms. The lowest BCUT2D eigenvalue weighted by atomic mass is 9.32. The van der Waals surface area contributed by atoms with Crippen LogP contribution in [0.4, 0.5) is 0 Å². The summed E-state index contributed by atoms with van der Waals surface area (Å²) in [6.07, 6.45) is 17.6. The molecule has 7 rings (SSSR count). The van der Waals surface area contributed by atoms with Gasteiger partial charge in [-0.3, -0.25) is 4.90 Å². The second-order valence-corrected chi connectivity index (χ2v) is 18.3. The van der Waals surface area contributed by atoms with E-state index in [1.54, 1.807) is 12.1 Å². The van der Waals surface area contributed by atoms with Crippen LogP contribution in [0, 0.1) is 50.7 Å². The third kappa shape index (κ3) is 5.94. The Balaban J connectivity index is 0.00000129. The molecule has 1 aliphatic heterocycles. The van der Waals surface area contributed by atoms with Crippen molar-refractivity contribution in [2.24, 2.45) is 50.7 Å². The Morgan fingerprint density at radius 2 is 1.58 bits per heavy atom. The highest BCUT2D eigenvalue weighted by Gasteiger charge is 2.69. The van der Waals surface area contributed by atoms with Gasteiger partial charge in [0.25, 0.3) is 0 Å². The van der Waals surface area contributed by atoms with Crippen LogP contribution < -0.4 is 5.32 Å². The second-order valence-electron chi connectivity index (χ2n) is 18.3. The van der Waals surface area contributed by atoms with Gasteiger partial charge in [0, 0.05) is 32.7 Å². The molecule has 6 aliphatic rings. The van der Waals surface area contributed by atoms with Crippen LogP contribution in [-0.2, 0) is 4.74 Å². The Morgan fingerprint density at radius 1 is 0.875 bits per heavy atom. The number of aromatic carboxylic acids is 1. The van der Waals surface area contributed by atoms with Crippen molar-refractivity contribution >= 4 is 11.5 Å². The monoisotopic (exact) mass is 661 g/mol. The van der Waals surface area contributed by atoms with Gasteiger partial charge in [0.05, 0.1) is 18.8 Å². The predicted molar refractivity (Wildman–Crippen MR) is 198 cm³/mol. The number of fused-ring (bicyclic) bond motifs is 7. The first-order valence-corrected chi connectivity index (χ1v) is 19.9. The molecule has 5 fully saturated rings. The number of allylic oxidation sites excluding steroid dienone is 2. The highest BCUT2D eigenvalue weighted by Crippen LogP contribution is 2.77. The lowest BCUT2D eigenvalue weighted by Gasteiger charge is -2.72. The molecule has 5 aliphatic carbocycles. The number of carbonyl (C=O) groups is 1. The summed E-state index contributed by atoms with van der Waals surface area (Å²) in [6, 6.07) is 7.67. The van der Waals surface area contributed by atoms with E-state index >= 15 is 0 Å². The third-order valence-corrected chi connectivity index (χ3v) is 15.7. The molecule has 0 amide bonds. The standard InChI is InChI=1S/C40H60N2O3.C3H8/c1-36(2)30(28-8-10-29(11-9-28)35(43)44)14-17-37(3)33(36)15-18-39(5)34(37)13-12-31-32-7-6-16-40(32,20-19-38(31,39)4)27-41-21-22-42-23-25-45-26-24-42;1-3-2/h8-11,14,31-34,41H,6-7,12-13,15-27H2,1-5H3,(H,43,44);3H2,1-2H3/t31?,32?,33?,34?,37-,38+,39+,40?;/m0./s1. The maximum atomic E-state index is 11.5. The number of hydrogen-bond acceptors (Lipinski definition) is 4. The maximum absolute atomic E-state index is 11.5. The third-order valence-electron chi connectivity index (χ3n) is 15.7. The molecule has 0 radical (unpaired) electrons. The fourth-order valence-corrected chi connectivity index (χ4v) is 13.3. The quantitative estimate of drug-likeness (QED) is 0.285. The van der Waals surface area contributed by atoms with Gasteiger partial charge in [-0.25, -0.2) is 4.79 Å². The first kappa shape index (κ1) is 36.1. The number of rotatable bonds is 7. The lowest BCUT2D eigenvalue weighted by molar-refractivity contribution is -0.222. The number of nitrogens with zero attached hydrogens (tertiary/aromatic N) is 1. The average Bonchev–Trinajstić information content (AvgIpc) is 3.48. The molecule has 0 bridgehead atoms. The molecular weight excluding hydrogens is 592 g/mol. The number of carboxylic acids is 1. The minimum absolute atomic E-state index is 0.0664. The topological polar surface area (TPSA) is 61.8 Å². The molecule has 2 N–H and O–H groups in total. The zero-order valence-corrected chi connectivity index (χ0v) is 31.6. The largest absolute Gasteiger partial charge is 0.478 e. The molecule has 5 nitrogen and oxygen atoms in total. The number of hydrogen-bond donors (Lipinski definition) is 2. The summed E-state index contributed by atoms with van der Waals surface area (Å²) >= 11 is 0. The van der Waals surface area contributed by atoms with E-state index in [9.17, 15) is 9.90 Å². The molecule has 4 saturated carbocycles. The van der Waals surface area contributed by atoms with E-state index < -0.39 is 5.97 Å². The second kappa shape index (κ2) is 13.8. The minimum Gasteiger partial charge on any atom is -0.478 e. The highest BCUT2D eigenvalue weighted by molar-refractivity contribution is 5.88. The molecule has 48 heavy (non-hydrogen) atoms. The van der Waals surface area contributed by atoms with Crippen LogP contribution in [0.1, 0.15) is 135 Å². The van der Waals surface area contributed by atoms with Crippen LogP contribution in [-0.4, -0.2) is 61.9 Å². The molecule has 8 atom stereocenters. The van der Waals surface area contributed by atoms with Crippen molar-refractivity contribution in [3.05, 3.63) is 41.5 Å². The average molecular weight is 661 g/mol. The molecule has 0 aromatic heterocycles. The van der Waals surface area contributed by atoms with Gasteiger partial charge in [0.2, 0.25) is 0 Å². The molecule has 1 aromatic rings. The minimum atomic E-state index is -0.848. The predicted octanol–water partition coefficient (Wildman–Crippen LogP) is 9.57. The van der Waals surface area contributed by atoms with Crippen molar-refractivity contribution in [2.45, 2.75) is 119 Å². The van der Waals surface area contributed by atoms with Crippen molar-refractivity contribution in [3.63, 3.8) is 0 Å². The fourth-order valence-electron chi connectivity index (χ4n) is 13.3. The number of carboxylic acid groups (broad SMARTS) is 1. The molecule has 5 heteroatoms. The zero-order valence-electron chi connectivity index (χ0n) is 31.6. The van der Waals surface area contributed by atoms with Crippen LogP contribution in [0.3, 0.4) is 0 Å². The summed E-state index contributed by atoms with van der Waals surface area (Å²) in [5, 5.41) is 13.4. The van der Waals surface area contributed by atoms with Gasteiger partial charge < -0.3 is 15.2 Å². The Bertz CT molecular complexity index is 1320. The summed E-state index contributed by atoms with van der Waals surface area (Å²) in [4.78, 5) is 14.1. The van der Waals surface area contributed by atoms with Gasteiger partial charge >= 0.3 is 5.97 Å². The summed E-state index contributed by atoms with van der Waals surface area (Å²) in [6.45, 7) is 24.9. The summed E-state index contributed by atoms with van der Waals surface area (Å²) in [7, 11) is 0. The van der Waals surface area contributed by atoms with Gasteiger partial charge in [0.1, 0.15) is 0 Å². The van der Waals surface area contributed by atoms with Crippen molar-refractivity contribution in [2.75, 3.05) is 45.9 Å². The Morgan fingerprint density at radius 3 is 2.27 bits per heavy atom. The highest BCUT2D eigenvalue weighted by atomic mass is 16.5. The van der Waals surface area contributed by atoms with Crippen LogP contribution in [0.25, 0.3) is 5.57 Å². The molecule has 1 heterocycles. The maximum Gasteiger partial charge on any atom is 0.335 e. The van der Waals surface area contributed by atoms with Crippen molar-refractivity contribution in [1.82, 2.24) is 10.2 Å². The summed E-state index contributed by atoms with van der Waals surface area (Å²) in [5.41, 5.74) is 4.72. The fraction of sp³-hybridized carbons (Fsp3) is 0.791.